The van der Waals surface area contributed by atoms with Crippen LogP contribution in [0.1, 0.15) is 26.2 Å². The first kappa shape index (κ1) is 16.5. The summed E-state index contributed by atoms with van der Waals surface area (Å²) < 4.78 is 3.92. The molecule has 2 aromatic heterocycles. The Bertz CT molecular complexity index is 887. The largest absolute Gasteiger partial charge is 0.341 e. The molecule has 0 aromatic carbocycles. The van der Waals surface area contributed by atoms with Crippen molar-refractivity contribution in [3.05, 3.63) is 27.2 Å². The molecule has 130 valence electrons. The predicted molar refractivity (Wildman–Crippen MR) is 89.8 cm³/mol. The van der Waals surface area contributed by atoms with Gasteiger partial charge in [-0.05, 0) is 25.2 Å². The van der Waals surface area contributed by atoms with Gasteiger partial charge in [0, 0.05) is 27.2 Å². The Morgan fingerprint density at radius 1 is 1.29 bits per heavy atom. The number of nitrogens with zero attached hydrogens (tertiary/aromatic N) is 5. The summed E-state index contributed by atoms with van der Waals surface area (Å²) in [7, 11) is 3.00. The Kier molecular flexibility index (Phi) is 4.29. The van der Waals surface area contributed by atoms with Gasteiger partial charge in [0.2, 0.25) is 5.91 Å². The van der Waals surface area contributed by atoms with Crippen LogP contribution in [0.15, 0.2) is 15.9 Å². The van der Waals surface area contributed by atoms with E-state index in [1.807, 2.05) is 11.8 Å². The molecule has 0 bridgehead atoms. The molecule has 0 aliphatic heterocycles. The van der Waals surface area contributed by atoms with Crippen LogP contribution in [0.5, 0.6) is 0 Å². The zero-order chi connectivity index (χ0) is 17.4. The number of carbonyl (C=O) groups excluding carboxylic acids is 1. The summed E-state index contributed by atoms with van der Waals surface area (Å²) >= 11 is 0. The zero-order valence-electron chi connectivity index (χ0n) is 14.4. The molecule has 1 aliphatic rings. The van der Waals surface area contributed by atoms with Gasteiger partial charge in [0.1, 0.15) is 6.54 Å². The zero-order valence-corrected chi connectivity index (χ0v) is 14.4. The molecule has 24 heavy (non-hydrogen) atoms. The van der Waals surface area contributed by atoms with Gasteiger partial charge in [0.15, 0.2) is 11.2 Å². The Morgan fingerprint density at radius 3 is 2.62 bits per heavy atom. The lowest BCUT2D eigenvalue weighted by atomic mass is 10.3. The number of imidazole rings is 1. The van der Waals surface area contributed by atoms with Crippen LogP contribution < -0.4 is 11.2 Å². The molecule has 0 atom stereocenters. The highest BCUT2D eigenvalue weighted by atomic mass is 16.2. The van der Waals surface area contributed by atoms with E-state index in [1.165, 1.54) is 30.8 Å². The van der Waals surface area contributed by atoms with Crippen molar-refractivity contribution in [3.8, 4) is 0 Å². The predicted octanol–water partition coefficient (Wildman–Crippen LogP) is 0.0823. The lowest BCUT2D eigenvalue weighted by Gasteiger charge is -2.22. The minimum absolute atomic E-state index is 0.0149. The Hall–Kier alpha value is -2.38. The summed E-state index contributed by atoms with van der Waals surface area (Å²) in [6.45, 7) is 3.62. The monoisotopic (exact) mass is 333 g/mol. The fraction of sp³-hybridized carbons (Fsp3) is 0.625. The molecule has 1 aliphatic carbocycles. The second-order valence-electron chi connectivity index (χ2n) is 6.53. The summed E-state index contributed by atoms with van der Waals surface area (Å²) in [5, 5.41) is 0. The molecule has 0 spiro atoms. The van der Waals surface area contributed by atoms with Crippen molar-refractivity contribution in [1.82, 2.24) is 23.6 Å². The van der Waals surface area contributed by atoms with Crippen molar-refractivity contribution in [2.75, 3.05) is 13.1 Å². The molecule has 2 heterocycles. The fourth-order valence-electron chi connectivity index (χ4n) is 2.96. The van der Waals surface area contributed by atoms with Gasteiger partial charge in [-0.2, -0.15) is 0 Å². The van der Waals surface area contributed by atoms with Gasteiger partial charge in [-0.3, -0.25) is 18.7 Å². The number of fused-ring (bicyclic) bond motifs is 1. The standard InChI is InChI=1S/C16H23N5O3/c1-4-7-20(8-11-5-6-11)12(22)9-21-10-17-14-13(21)15(23)19(3)16(24)18(14)2/h10-11H,4-9H2,1-3H3. The van der Waals surface area contributed by atoms with Crippen LogP contribution in [-0.2, 0) is 25.4 Å². The molecular weight excluding hydrogens is 310 g/mol. The van der Waals surface area contributed by atoms with E-state index in [1.54, 1.807) is 11.6 Å². The number of aryl methyl sites for hydroxylation is 1. The number of carbonyl (C=O) groups is 1. The average Bonchev–Trinajstić information content (AvgIpc) is 3.28. The average molecular weight is 333 g/mol. The molecule has 1 saturated carbocycles. The second kappa shape index (κ2) is 6.26. The van der Waals surface area contributed by atoms with Crippen LogP contribution in [0.3, 0.4) is 0 Å². The smallest absolute Gasteiger partial charge is 0.332 e. The number of rotatable bonds is 6. The normalized spacial score (nSPS) is 14.3. The van der Waals surface area contributed by atoms with E-state index < -0.39 is 11.2 Å². The first-order valence-corrected chi connectivity index (χ1v) is 8.32. The molecule has 0 radical (unpaired) electrons. The highest BCUT2D eigenvalue weighted by Crippen LogP contribution is 2.29. The third-order valence-electron chi connectivity index (χ3n) is 4.54. The Morgan fingerprint density at radius 2 is 2.00 bits per heavy atom. The van der Waals surface area contributed by atoms with E-state index in [4.69, 9.17) is 0 Å². The van der Waals surface area contributed by atoms with Gasteiger partial charge in [-0.25, -0.2) is 9.78 Å². The minimum atomic E-state index is -0.428. The molecule has 2 aromatic rings. The maximum absolute atomic E-state index is 12.7. The molecule has 3 rings (SSSR count). The highest BCUT2D eigenvalue weighted by molar-refractivity contribution is 5.79. The molecule has 8 heteroatoms. The SMILES string of the molecule is CCCN(CC1CC1)C(=O)Cn1cnc2c1c(=O)n(C)c(=O)n2C. The van der Waals surface area contributed by atoms with Crippen molar-refractivity contribution in [1.29, 1.82) is 0 Å². The van der Waals surface area contributed by atoms with Crippen LogP contribution >= 0.6 is 0 Å². The van der Waals surface area contributed by atoms with Crippen molar-refractivity contribution < 1.29 is 4.79 Å². The van der Waals surface area contributed by atoms with Gasteiger partial charge < -0.3 is 9.47 Å². The Labute approximate surface area is 139 Å². The van der Waals surface area contributed by atoms with Crippen molar-refractivity contribution in [3.63, 3.8) is 0 Å². The summed E-state index contributed by atoms with van der Waals surface area (Å²) in [6.07, 6.45) is 4.73. The second-order valence-corrected chi connectivity index (χ2v) is 6.53. The van der Waals surface area contributed by atoms with Gasteiger partial charge >= 0.3 is 5.69 Å². The highest BCUT2D eigenvalue weighted by Gasteiger charge is 2.27. The van der Waals surface area contributed by atoms with Crippen molar-refractivity contribution >= 4 is 17.1 Å². The van der Waals surface area contributed by atoms with Crippen LogP contribution in [0.4, 0.5) is 0 Å². The third kappa shape index (κ3) is 2.88. The maximum Gasteiger partial charge on any atom is 0.332 e. The summed E-state index contributed by atoms with van der Waals surface area (Å²) in [5.41, 5.74) is -0.260. The van der Waals surface area contributed by atoms with E-state index in [0.717, 1.165) is 24.1 Å². The van der Waals surface area contributed by atoms with E-state index >= 15 is 0 Å². The molecular formula is C16H23N5O3. The summed E-state index contributed by atoms with van der Waals surface area (Å²) in [5.74, 6) is 0.604. The van der Waals surface area contributed by atoms with Crippen LogP contribution in [-0.4, -0.2) is 42.6 Å². The molecule has 8 nitrogen and oxygen atoms in total. The molecule has 0 N–H and O–H groups in total. The van der Waals surface area contributed by atoms with E-state index in [0.29, 0.717) is 11.6 Å². The maximum atomic E-state index is 12.7. The molecule has 0 unspecified atom stereocenters. The molecule has 1 fully saturated rings. The van der Waals surface area contributed by atoms with Gasteiger partial charge in [-0.1, -0.05) is 6.92 Å². The number of hydrogen-bond acceptors (Lipinski definition) is 4. The van der Waals surface area contributed by atoms with E-state index in [-0.39, 0.29) is 18.0 Å². The number of amides is 1. The van der Waals surface area contributed by atoms with Crippen LogP contribution in [0.25, 0.3) is 11.2 Å². The molecule has 0 saturated heterocycles. The van der Waals surface area contributed by atoms with Crippen LogP contribution in [0, 0.1) is 5.92 Å². The lowest BCUT2D eigenvalue weighted by Crippen LogP contribution is -2.39. The van der Waals surface area contributed by atoms with Gasteiger partial charge in [0.05, 0.1) is 6.33 Å². The minimum Gasteiger partial charge on any atom is -0.341 e. The summed E-state index contributed by atoms with van der Waals surface area (Å²) in [6, 6.07) is 0. The fourth-order valence-corrected chi connectivity index (χ4v) is 2.96. The van der Waals surface area contributed by atoms with E-state index in [2.05, 4.69) is 4.98 Å². The Balaban J connectivity index is 1.93. The topological polar surface area (TPSA) is 82.1 Å². The first-order valence-electron chi connectivity index (χ1n) is 8.32. The van der Waals surface area contributed by atoms with Crippen LogP contribution in [0.2, 0.25) is 0 Å². The number of hydrogen-bond donors (Lipinski definition) is 0. The molecule has 1 amide bonds. The van der Waals surface area contributed by atoms with Gasteiger partial charge in [0.25, 0.3) is 5.56 Å². The number of aromatic nitrogens is 4. The summed E-state index contributed by atoms with van der Waals surface area (Å²) in [4.78, 5) is 43.1. The lowest BCUT2D eigenvalue weighted by molar-refractivity contribution is -0.132. The van der Waals surface area contributed by atoms with Crippen molar-refractivity contribution in [2.45, 2.75) is 32.7 Å². The first-order chi connectivity index (χ1) is 11.4. The quantitative estimate of drug-likeness (QED) is 0.750. The van der Waals surface area contributed by atoms with E-state index in [9.17, 15) is 14.4 Å². The van der Waals surface area contributed by atoms with Gasteiger partial charge in [-0.15, -0.1) is 0 Å². The third-order valence-corrected chi connectivity index (χ3v) is 4.54. The van der Waals surface area contributed by atoms with Crippen molar-refractivity contribution in [2.24, 2.45) is 20.0 Å².